The third-order valence-corrected chi connectivity index (χ3v) is 15.1. The van der Waals surface area contributed by atoms with Gasteiger partial charge < -0.3 is 19.4 Å². The molecule has 1 heterocycles. The van der Waals surface area contributed by atoms with E-state index in [1.807, 2.05) is 41.7 Å². The number of carbonyl (C=O) groups is 1. The van der Waals surface area contributed by atoms with Crippen molar-refractivity contribution in [1.29, 1.82) is 0 Å². The maximum atomic E-state index is 13.0. The zero-order valence-electron chi connectivity index (χ0n) is 21.9. The van der Waals surface area contributed by atoms with Gasteiger partial charge in [-0.1, -0.05) is 51.1 Å². The normalized spacial score (nSPS) is 17.7. The summed E-state index contributed by atoms with van der Waals surface area (Å²) in [7, 11) is -1.84. The first-order chi connectivity index (χ1) is 16.9. The molecule has 2 atom stereocenters. The Labute approximate surface area is 222 Å². The van der Waals surface area contributed by atoms with E-state index in [1.165, 1.54) is 6.42 Å². The van der Waals surface area contributed by atoms with Crippen molar-refractivity contribution < 1.29 is 24.2 Å². The van der Waals surface area contributed by atoms with Crippen LogP contribution in [-0.2, 0) is 20.6 Å². The second-order valence-electron chi connectivity index (χ2n) is 9.59. The molecule has 200 valence electrons. The predicted molar refractivity (Wildman–Crippen MR) is 152 cm³/mol. The van der Waals surface area contributed by atoms with E-state index in [4.69, 9.17) is 14.3 Å². The number of aliphatic hydroxyl groups is 2. The zero-order valence-corrected chi connectivity index (χ0v) is 24.5. The van der Waals surface area contributed by atoms with Crippen molar-refractivity contribution in [2.75, 3.05) is 24.7 Å². The van der Waals surface area contributed by atoms with Gasteiger partial charge in [-0.3, -0.25) is 4.79 Å². The second kappa shape index (κ2) is 16.5. The van der Waals surface area contributed by atoms with Crippen LogP contribution < -0.4 is 0 Å². The Morgan fingerprint density at radius 1 is 1.11 bits per heavy atom. The molecule has 1 aliphatic heterocycles. The van der Waals surface area contributed by atoms with Gasteiger partial charge in [0.15, 0.2) is 8.32 Å². The number of aliphatic hydroxyl groups excluding tert-OH is 2. The summed E-state index contributed by atoms with van der Waals surface area (Å²) in [5, 5.41) is 18.6. The minimum Gasteiger partial charge on any atom is -0.412 e. The molecule has 0 spiro atoms. The topological polar surface area (TPSA) is 76.0 Å². The van der Waals surface area contributed by atoms with E-state index in [0.717, 1.165) is 41.6 Å². The van der Waals surface area contributed by atoms with Crippen LogP contribution >= 0.6 is 23.5 Å². The zero-order chi connectivity index (χ0) is 25.6. The number of benzene rings is 1. The fourth-order valence-electron chi connectivity index (χ4n) is 4.64. The molecule has 0 amide bonds. The van der Waals surface area contributed by atoms with Crippen LogP contribution in [0.4, 0.5) is 0 Å². The van der Waals surface area contributed by atoms with Crippen molar-refractivity contribution in [2.45, 2.75) is 100 Å². The molecular formula is C27H46O5S2Si. The number of carbonyl (C=O) groups excluding carboxylic acids is 1. The highest BCUT2D eigenvalue weighted by molar-refractivity contribution is 8.18. The van der Waals surface area contributed by atoms with Crippen LogP contribution in [0.3, 0.4) is 0 Å². The number of hydrogen-bond acceptors (Lipinski definition) is 7. The van der Waals surface area contributed by atoms with Crippen molar-refractivity contribution in [1.82, 2.24) is 0 Å². The number of thioether (sulfide) groups is 2. The van der Waals surface area contributed by atoms with Gasteiger partial charge in [0.2, 0.25) is 0 Å². The second-order valence-corrected chi connectivity index (χ2v) is 17.5. The number of hydrogen-bond donors (Lipinski definition) is 2. The third kappa shape index (κ3) is 10.9. The maximum Gasteiger partial charge on any atom is 0.192 e. The van der Waals surface area contributed by atoms with E-state index in [-0.39, 0.29) is 22.6 Å². The minimum absolute atomic E-state index is 0.0210. The van der Waals surface area contributed by atoms with Crippen molar-refractivity contribution >= 4 is 37.6 Å². The largest absolute Gasteiger partial charge is 0.412 e. The number of ether oxygens (including phenoxy) is 1. The minimum atomic E-state index is -1.84. The summed E-state index contributed by atoms with van der Waals surface area (Å²) in [4.78, 5) is 13.0. The SMILES string of the molecule is CC[Si](CC)(CC)O[C@H](COCc1ccccc1)CC1(CC(=O)CCCC(O)CO)SCCCS1. The average molecular weight is 543 g/mol. The van der Waals surface area contributed by atoms with E-state index in [9.17, 15) is 9.90 Å². The first-order valence-corrected chi connectivity index (χ1v) is 17.8. The van der Waals surface area contributed by atoms with Crippen molar-refractivity contribution in [3.8, 4) is 0 Å². The van der Waals surface area contributed by atoms with Crippen LogP contribution in [-0.4, -0.2) is 65.3 Å². The van der Waals surface area contributed by atoms with Gasteiger partial charge in [0.05, 0.1) is 36.1 Å². The Morgan fingerprint density at radius 3 is 2.37 bits per heavy atom. The molecule has 5 nitrogen and oxygen atoms in total. The Morgan fingerprint density at radius 2 is 1.77 bits per heavy atom. The summed E-state index contributed by atoms with van der Waals surface area (Å²) in [6, 6.07) is 13.5. The molecule has 1 fully saturated rings. The molecule has 2 N–H and O–H groups in total. The molecule has 1 aromatic carbocycles. The average Bonchev–Trinajstić information content (AvgIpc) is 2.88. The van der Waals surface area contributed by atoms with E-state index in [2.05, 4.69) is 32.9 Å². The van der Waals surface area contributed by atoms with Gasteiger partial charge >= 0.3 is 0 Å². The first-order valence-electron chi connectivity index (χ1n) is 13.3. The highest BCUT2D eigenvalue weighted by Crippen LogP contribution is 2.49. The lowest BCUT2D eigenvalue weighted by molar-refractivity contribution is -0.119. The molecule has 2 rings (SSSR count). The molecule has 35 heavy (non-hydrogen) atoms. The molecule has 0 aliphatic carbocycles. The third-order valence-electron chi connectivity index (χ3n) is 6.99. The molecule has 0 saturated carbocycles. The molecule has 0 aromatic heterocycles. The van der Waals surface area contributed by atoms with Crippen LogP contribution in [0.25, 0.3) is 0 Å². The lowest BCUT2D eigenvalue weighted by atomic mass is 10.0. The fourth-order valence-corrected chi connectivity index (χ4v) is 11.0. The summed E-state index contributed by atoms with van der Waals surface area (Å²) < 4.78 is 13.0. The number of ketones is 1. The van der Waals surface area contributed by atoms with Crippen LogP contribution in [0, 0.1) is 0 Å². The smallest absolute Gasteiger partial charge is 0.192 e. The molecule has 1 saturated heterocycles. The molecule has 8 heteroatoms. The van der Waals surface area contributed by atoms with E-state index >= 15 is 0 Å². The lowest BCUT2D eigenvalue weighted by Crippen LogP contribution is -2.44. The highest BCUT2D eigenvalue weighted by atomic mass is 32.2. The molecule has 0 bridgehead atoms. The van der Waals surface area contributed by atoms with Gasteiger partial charge in [0.1, 0.15) is 5.78 Å². The first kappa shape index (κ1) is 30.9. The van der Waals surface area contributed by atoms with Gasteiger partial charge in [0, 0.05) is 12.8 Å². The van der Waals surface area contributed by atoms with E-state index in [1.54, 1.807) is 0 Å². The Hall–Kier alpha value is -0.353. The van der Waals surface area contributed by atoms with Crippen LogP contribution in [0.2, 0.25) is 18.1 Å². The van der Waals surface area contributed by atoms with Gasteiger partial charge in [0.25, 0.3) is 0 Å². The van der Waals surface area contributed by atoms with Gasteiger partial charge in [-0.05, 0) is 60.9 Å². The maximum absolute atomic E-state index is 13.0. The molecular weight excluding hydrogens is 497 g/mol. The van der Waals surface area contributed by atoms with Gasteiger partial charge in [-0.25, -0.2) is 0 Å². The molecule has 1 aromatic rings. The van der Waals surface area contributed by atoms with E-state index < -0.39 is 14.4 Å². The Balaban J connectivity index is 2.10. The molecule has 0 radical (unpaired) electrons. The monoisotopic (exact) mass is 542 g/mol. The van der Waals surface area contributed by atoms with Crippen LogP contribution in [0.1, 0.15) is 64.9 Å². The van der Waals surface area contributed by atoms with E-state index in [0.29, 0.717) is 38.9 Å². The standard InChI is InChI=1S/C27H46O5S2Si/c1-4-35(5-2,6-3)32-26(22-31-21-23-12-8-7-9-13-23)19-27(33-16-11-17-34-27)18-24(29)14-10-15-25(30)20-28/h7-9,12-13,25-26,28,30H,4-6,10-11,14-22H2,1-3H3/t25?,26-/m0/s1. The number of rotatable bonds is 18. The molecule has 1 unspecified atom stereocenters. The van der Waals surface area contributed by atoms with Gasteiger partial charge in [-0.2, -0.15) is 0 Å². The fraction of sp³-hybridized carbons (Fsp3) is 0.741. The van der Waals surface area contributed by atoms with Crippen molar-refractivity contribution in [2.24, 2.45) is 0 Å². The summed E-state index contributed by atoms with van der Waals surface area (Å²) in [6.07, 6.45) is 3.29. The van der Waals surface area contributed by atoms with Crippen molar-refractivity contribution in [3.05, 3.63) is 35.9 Å². The van der Waals surface area contributed by atoms with Crippen LogP contribution in [0.5, 0.6) is 0 Å². The quantitative estimate of drug-likeness (QED) is 0.219. The highest BCUT2D eigenvalue weighted by Gasteiger charge is 2.41. The summed E-state index contributed by atoms with van der Waals surface area (Å²) in [5.74, 6) is 2.38. The van der Waals surface area contributed by atoms with Gasteiger partial charge in [-0.15, -0.1) is 23.5 Å². The number of Topliss-reactive ketones (excluding diaryl/α,β-unsaturated/α-hetero) is 1. The summed E-state index contributed by atoms with van der Waals surface area (Å²) in [6.45, 7) is 7.63. The Kier molecular flexibility index (Phi) is 14.5. The van der Waals surface area contributed by atoms with Crippen molar-refractivity contribution in [3.63, 3.8) is 0 Å². The predicted octanol–water partition coefficient (Wildman–Crippen LogP) is 6.03. The Bertz CT molecular complexity index is 703. The van der Waals surface area contributed by atoms with Crippen LogP contribution in [0.15, 0.2) is 30.3 Å². The summed E-state index contributed by atoms with van der Waals surface area (Å²) in [5.41, 5.74) is 1.16. The lowest BCUT2D eigenvalue weighted by Gasteiger charge is -2.41. The summed E-state index contributed by atoms with van der Waals surface area (Å²) >= 11 is 3.85. The molecule has 1 aliphatic rings.